The smallest absolute Gasteiger partial charge is 0.371 e. The summed E-state index contributed by atoms with van der Waals surface area (Å²) in [6.45, 7) is 0.194. The van der Waals surface area contributed by atoms with E-state index in [4.69, 9.17) is 28.5 Å². The number of carboxylic acids is 2. The highest BCUT2D eigenvalue weighted by molar-refractivity contribution is 5.90. The van der Waals surface area contributed by atoms with E-state index < -0.39 is 34.3 Å². The van der Waals surface area contributed by atoms with Crippen molar-refractivity contribution in [1.82, 2.24) is 0 Å². The van der Waals surface area contributed by atoms with Crippen LogP contribution in [-0.2, 0) is 13.2 Å². The molecule has 4 aromatic carbocycles. The fourth-order valence-electron chi connectivity index (χ4n) is 4.66. The standard InChI is InChI=1S/C34H22N2O10/c37-23-15-29(33(39)40)45-27-11-3-9-25(31(23)27)43-17-19-5-1-7-21(13-19)35-36-22-8-2-6-20(14-22)18-44-26-10-4-12-28-32(26)24(38)16-30(46-28)34(41)42/h1-16H,17-18H2,(H,39,40)(H,41,42)/b36-35+. The van der Waals surface area contributed by atoms with E-state index in [1.54, 1.807) is 60.7 Å². The van der Waals surface area contributed by atoms with Crippen LogP contribution in [0.4, 0.5) is 11.4 Å². The van der Waals surface area contributed by atoms with Crippen LogP contribution < -0.4 is 20.3 Å². The molecule has 12 heteroatoms. The lowest BCUT2D eigenvalue weighted by atomic mass is 10.2. The Balaban J connectivity index is 1.14. The highest BCUT2D eigenvalue weighted by atomic mass is 16.5. The zero-order valence-electron chi connectivity index (χ0n) is 23.7. The summed E-state index contributed by atoms with van der Waals surface area (Å²) in [7, 11) is 0. The van der Waals surface area contributed by atoms with Crippen molar-refractivity contribution in [1.29, 1.82) is 0 Å². The third-order valence-corrected chi connectivity index (χ3v) is 6.75. The second-order valence-corrected chi connectivity index (χ2v) is 9.94. The Hall–Kier alpha value is -6.56. The Morgan fingerprint density at radius 3 is 1.41 bits per heavy atom. The summed E-state index contributed by atoms with van der Waals surface area (Å²) in [5.74, 6) is -3.09. The second kappa shape index (κ2) is 12.6. The van der Waals surface area contributed by atoms with Crippen LogP contribution in [-0.4, -0.2) is 22.2 Å². The lowest BCUT2D eigenvalue weighted by Gasteiger charge is -2.09. The van der Waals surface area contributed by atoms with Crippen molar-refractivity contribution in [2.75, 3.05) is 0 Å². The van der Waals surface area contributed by atoms with Gasteiger partial charge in [-0.3, -0.25) is 9.59 Å². The summed E-state index contributed by atoms with van der Waals surface area (Å²) in [4.78, 5) is 47.6. The molecule has 12 nitrogen and oxygen atoms in total. The van der Waals surface area contributed by atoms with E-state index in [2.05, 4.69) is 10.2 Å². The highest BCUT2D eigenvalue weighted by Gasteiger charge is 2.16. The summed E-state index contributed by atoms with van der Waals surface area (Å²) >= 11 is 0. The van der Waals surface area contributed by atoms with E-state index in [-0.39, 0.29) is 46.7 Å². The number of hydrogen-bond acceptors (Lipinski definition) is 10. The molecule has 46 heavy (non-hydrogen) atoms. The third-order valence-electron chi connectivity index (χ3n) is 6.75. The van der Waals surface area contributed by atoms with Crippen molar-refractivity contribution in [2.45, 2.75) is 13.2 Å². The van der Waals surface area contributed by atoms with E-state index in [0.717, 1.165) is 23.3 Å². The minimum Gasteiger partial charge on any atom is -0.488 e. The molecule has 2 heterocycles. The van der Waals surface area contributed by atoms with Gasteiger partial charge in [0.05, 0.1) is 11.4 Å². The van der Waals surface area contributed by atoms with Crippen molar-refractivity contribution in [2.24, 2.45) is 10.2 Å². The molecule has 0 atom stereocenters. The van der Waals surface area contributed by atoms with Crippen LogP contribution in [0.1, 0.15) is 32.2 Å². The first-order valence-corrected chi connectivity index (χ1v) is 13.7. The lowest BCUT2D eigenvalue weighted by Crippen LogP contribution is -2.08. The molecule has 228 valence electrons. The van der Waals surface area contributed by atoms with E-state index >= 15 is 0 Å². The van der Waals surface area contributed by atoms with Crippen molar-refractivity contribution in [3.63, 3.8) is 0 Å². The highest BCUT2D eigenvalue weighted by Crippen LogP contribution is 2.27. The molecule has 2 aromatic heterocycles. The van der Waals surface area contributed by atoms with Crippen LogP contribution in [0.15, 0.2) is 126 Å². The van der Waals surface area contributed by atoms with E-state index in [1.807, 2.05) is 12.1 Å². The number of aromatic carboxylic acids is 2. The average molecular weight is 619 g/mol. The Kier molecular flexibility index (Phi) is 8.07. The zero-order chi connectivity index (χ0) is 32.2. The maximum absolute atomic E-state index is 12.6. The fourth-order valence-corrected chi connectivity index (χ4v) is 4.66. The molecular weight excluding hydrogens is 596 g/mol. The summed E-state index contributed by atoms with van der Waals surface area (Å²) < 4.78 is 22.4. The first kappa shape index (κ1) is 29.5. The topological polar surface area (TPSA) is 178 Å². The Labute approximate surface area is 258 Å². The quantitative estimate of drug-likeness (QED) is 0.154. The Morgan fingerprint density at radius 1 is 0.587 bits per heavy atom. The number of nitrogens with zero attached hydrogens (tertiary/aromatic N) is 2. The van der Waals surface area contributed by atoms with Gasteiger partial charge in [0.15, 0.2) is 10.9 Å². The van der Waals surface area contributed by atoms with Gasteiger partial charge in [0.2, 0.25) is 11.5 Å². The molecule has 6 rings (SSSR count). The molecule has 0 aliphatic heterocycles. The van der Waals surface area contributed by atoms with Gasteiger partial charge < -0.3 is 28.5 Å². The molecule has 0 fully saturated rings. The van der Waals surface area contributed by atoms with Crippen LogP contribution >= 0.6 is 0 Å². The zero-order valence-corrected chi connectivity index (χ0v) is 23.7. The molecule has 0 saturated heterocycles. The summed E-state index contributed by atoms with van der Waals surface area (Å²) in [5, 5.41) is 27.3. The molecule has 0 aliphatic carbocycles. The largest absolute Gasteiger partial charge is 0.488 e. The van der Waals surface area contributed by atoms with Crippen LogP contribution in [0, 0.1) is 0 Å². The molecule has 0 bridgehead atoms. The van der Waals surface area contributed by atoms with Gasteiger partial charge in [-0.2, -0.15) is 10.2 Å². The Morgan fingerprint density at radius 2 is 1.00 bits per heavy atom. The maximum Gasteiger partial charge on any atom is 0.371 e. The predicted molar refractivity (Wildman–Crippen MR) is 165 cm³/mol. The SMILES string of the molecule is O=C(O)c1cc(=O)c2c(OCc3cccc(/N=N/c4cccc(COc5cccc6oc(C(=O)O)cc(=O)c56)c4)c3)cccc2o1. The van der Waals surface area contributed by atoms with Crippen LogP contribution in [0.2, 0.25) is 0 Å². The van der Waals surface area contributed by atoms with Crippen molar-refractivity contribution < 1.29 is 38.1 Å². The summed E-state index contributed by atoms with van der Waals surface area (Å²) in [6.07, 6.45) is 0. The van der Waals surface area contributed by atoms with Crippen LogP contribution in [0.3, 0.4) is 0 Å². The predicted octanol–water partition coefficient (Wildman–Crippen LogP) is 6.87. The summed E-state index contributed by atoms with van der Waals surface area (Å²) in [5.41, 5.74) is 1.76. The number of rotatable bonds is 10. The molecule has 0 saturated carbocycles. The number of ether oxygens (including phenoxy) is 2. The first-order chi connectivity index (χ1) is 22.2. The molecular formula is C34H22N2O10. The molecule has 6 aromatic rings. The van der Waals surface area contributed by atoms with Gasteiger partial charge in [0, 0.05) is 12.1 Å². The van der Waals surface area contributed by atoms with Crippen LogP contribution in [0.25, 0.3) is 21.9 Å². The number of carbonyl (C=O) groups is 2. The minimum atomic E-state index is -1.34. The van der Waals surface area contributed by atoms with Crippen LogP contribution in [0.5, 0.6) is 11.5 Å². The third kappa shape index (κ3) is 6.36. The molecule has 0 amide bonds. The number of carboxylic acid groups (broad SMARTS) is 2. The first-order valence-electron chi connectivity index (χ1n) is 13.7. The summed E-state index contributed by atoms with van der Waals surface area (Å²) in [6, 6.07) is 25.5. The number of hydrogen-bond donors (Lipinski definition) is 2. The van der Waals surface area contributed by atoms with Gasteiger partial charge in [-0.05, 0) is 59.7 Å². The van der Waals surface area contributed by atoms with Gasteiger partial charge in [0.25, 0.3) is 0 Å². The number of benzene rings is 4. The normalized spacial score (nSPS) is 11.2. The minimum absolute atomic E-state index is 0.0968. The molecule has 0 radical (unpaired) electrons. The second-order valence-electron chi connectivity index (χ2n) is 9.94. The fraction of sp³-hybridized carbons (Fsp3) is 0.0588. The molecule has 2 N–H and O–H groups in total. The van der Waals surface area contributed by atoms with Gasteiger partial charge >= 0.3 is 11.9 Å². The van der Waals surface area contributed by atoms with E-state index in [9.17, 15) is 19.2 Å². The average Bonchev–Trinajstić information content (AvgIpc) is 3.05. The van der Waals surface area contributed by atoms with E-state index in [0.29, 0.717) is 11.4 Å². The molecule has 0 unspecified atom stereocenters. The Bertz CT molecular complexity index is 2130. The van der Waals surface area contributed by atoms with Gasteiger partial charge in [-0.15, -0.1) is 0 Å². The van der Waals surface area contributed by atoms with Gasteiger partial charge in [-0.1, -0.05) is 36.4 Å². The van der Waals surface area contributed by atoms with Crippen molar-refractivity contribution in [3.05, 3.63) is 140 Å². The van der Waals surface area contributed by atoms with E-state index in [1.165, 1.54) is 12.1 Å². The lowest BCUT2D eigenvalue weighted by molar-refractivity contribution is 0.0653. The number of azo groups is 1. The molecule has 0 aliphatic rings. The monoisotopic (exact) mass is 618 g/mol. The van der Waals surface area contributed by atoms with Crippen molar-refractivity contribution >= 4 is 45.3 Å². The van der Waals surface area contributed by atoms with Crippen molar-refractivity contribution in [3.8, 4) is 11.5 Å². The maximum atomic E-state index is 12.6. The van der Waals surface area contributed by atoms with Gasteiger partial charge in [0.1, 0.15) is 46.7 Å². The molecule has 0 spiro atoms. The van der Waals surface area contributed by atoms with Gasteiger partial charge in [-0.25, -0.2) is 9.59 Å². The number of fused-ring (bicyclic) bond motifs is 2.